The van der Waals surface area contributed by atoms with E-state index in [0.717, 1.165) is 23.6 Å². The first-order valence-electron chi connectivity index (χ1n) is 8.09. The van der Waals surface area contributed by atoms with Crippen LogP contribution in [0.3, 0.4) is 0 Å². The van der Waals surface area contributed by atoms with Gasteiger partial charge in [0.25, 0.3) is 5.91 Å². The van der Waals surface area contributed by atoms with Crippen LogP contribution < -0.4 is 9.08 Å². The Kier molecular flexibility index (Phi) is 4.57. The molecule has 2 aliphatic rings. The molecule has 3 amide bonds. The molecule has 0 atom stereocenters. The summed E-state index contributed by atoms with van der Waals surface area (Å²) in [7, 11) is -4.58. The number of urea groups is 1. The number of imide groups is 1. The van der Waals surface area contributed by atoms with E-state index in [4.69, 9.17) is 0 Å². The van der Waals surface area contributed by atoms with Gasteiger partial charge in [-0.2, -0.15) is 21.6 Å². The molecule has 1 saturated carbocycles. The Bertz CT molecular complexity index is 881. The Hall–Kier alpha value is -2.37. The Balaban J connectivity index is 2.00. The SMILES string of the molecule is CN1C(=O)N(c2ccnc(OS(=O)(=O)C(F)(F)F)c2)C2(CCCCC2)C1=O. The molecule has 12 heteroatoms. The summed E-state index contributed by atoms with van der Waals surface area (Å²) in [4.78, 5) is 30.9. The van der Waals surface area contributed by atoms with E-state index >= 15 is 0 Å². The van der Waals surface area contributed by atoms with Crippen LogP contribution in [0.1, 0.15) is 32.1 Å². The summed E-state index contributed by atoms with van der Waals surface area (Å²) in [6.45, 7) is 0. The van der Waals surface area contributed by atoms with Gasteiger partial charge < -0.3 is 4.18 Å². The third-order valence-electron chi connectivity index (χ3n) is 4.74. The second kappa shape index (κ2) is 6.36. The maximum absolute atomic E-state index is 12.7. The first-order valence-corrected chi connectivity index (χ1v) is 9.50. The van der Waals surface area contributed by atoms with Crippen LogP contribution in [0.2, 0.25) is 0 Å². The number of pyridine rings is 1. The van der Waals surface area contributed by atoms with Crippen molar-refractivity contribution >= 4 is 27.7 Å². The van der Waals surface area contributed by atoms with Gasteiger partial charge in [-0.3, -0.25) is 14.6 Å². The molecule has 8 nitrogen and oxygen atoms in total. The van der Waals surface area contributed by atoms with E-state index in [1.165, 1.54) is 18.0 Å². The van der Waals surface area contributed by atoms with Gasteiger partial charge in [-0.05, 0) is 18.9 Å². The van der Waals surface area contributed by atoms with Gasteiger partial charge in [0.1, 0.15) is 5.54 Å². The maximum atomic E-state index is 12.7. The van der Waals surface area contributed by atoms with E-state index in [-0.39, 0.29) is 5.69 Å². The minimum absolute atomic E-state index is 0.0435. The molecule has 0 N–H and O–H groups in total. The molecule has 0 radical (unpaired) electrons. The number of anilines is 1. The predicted octanol–water partition coefficient (Wildman–Crippen LogP) is 2.41. The molecule has 1 aromatic heterocycles. The number of carbonyl (C=O) groups is 2. The van der Waals surface area contributed by atoms with Crippen molar-refractivity contribution in [2.75, 3.05) is 11.9 Å². The van der Waals surface area contributed by atoms with E-state index in [0.29, 0.717) is 25.7 Å². The number of hydrogen-bond donors (Lipinski definition) is 0. The van der Waals surface area contributed by atoms with Crippen LogP contribution in [-0.4, -0.2) is 48.3 Å². The van der Waals surface area contributed by atoms with Crippen LogP contribution in [0.5, 0.6) is 5.88 Å². The van der Waals surface area contributed by atoms with Crippen molar-refractivity contribution in [2.24, 2.45) is 0 Å². The summed E-state index contributed by atoms with van der Waals surface area (Å²) in [5.74, 6) is -1.24. The van der Waals surface area contributed by atoms with Crippen LogP contribution >= 0.6 is 0 Å². The van der Waals surface area contributed by atoms with Crippen molar-refractivity contribution in [1.29, 1.82) is 0 Å². The van der Waals surface area contributed by atoms with Crippen LogP contribution in [-0.2, 0) is 14.9 Å². The fraction of sp³-hybridized carbons (Fsp3) is 0.533. The second-order valence-corrected chi connectivity index (χ2v) is 7.95. The minimum Gasteiger partial charge on any atom is -0.355 e. The number of amides is 3. The lowest BCUT2D eigenvalue weighted by Crippen LogP contribution is -2.51. The number of alkyl halides is 3. The highest BCUT2D eigenvalue weighted by atomic mass is 32.2. The molecule has 0 unspecified atom stereocenters. The maximum Gasteiger partial charge on any atom is 0.534 e. The molecule has 3 rings (SSSR count). The zero-order valence-electron chi connectivity index (χ0n) is 14.2. The standard InChI is InChI=1S/C15H16F3N3O5S/c1-20-12(22)14(6-3-2-4-7-14)21(13(20)23)10-5-8-19-11(9-10)26-27(24,25)15(16,17)18/h5,8-9H,2-4,6-7H2,1H3. The lowest BCUT2D eigenvalue weighted by molar-refractivity contribution is -0.130. The van der Waals surface area contributed by atoms with Gasteiger partial charge in [-0.25, -0.2) is 9.78 Å². The lowest BCUT2D eigenvalue weighted by Gasteiger charge is -2.38. The quantitative estimate of drug-likeness (QED) is 0.434. The molecule has 1 aliphatic carbocycles. The normalized spacial score (nSPS) is 20.4. The summed E-state index contributed by atoms with van der Waals surface area (Å²) < 4.78 is 63.9. The van der Waals surface area contributed by atoms with Gasteiger partial charge in [0, 0.05) is 19.3 Å². The number of nitrogens with zero attached hydrogens (tertiary/aromatic N) is 3. The first kappa shape index (κ1) is 19.4. The van der Waals surface area contributed by atoms with Crippen LogP contribution in [0, 0.1) is 0 Å². The van der Waals surface area contributed by atoms with Crippen LogP contribution in [0.25, 0.3) is 0 Å². The average Bonchev–Trinajstić information content (AvgIpc) is 2.76. The zero-order valence-corrected chi connectivity index (χ0v) is 15.0. The molecule has 1 saturated heterocycles. The number of likely N-dealkylation sites (N-methyl/N-ethyl adjacent to an activating group) is 1. The average molecular weight is 407 g/mol. The van der Waals surface area contributed by atoms with Gasteiger partial charge in [0.15, 0.2) is 0 Å². The topological polar surface area (TPSA) is 96.9 Å². The van der Waals surface area contributed by atoms with Gasteiger partial charge in [-0.15, -0.1) is 0 Å². The van der Waals surface area contributed by atoms with E-state index < -0.39 is 39.0 Å². The van der Waals surface area contributed by atoms with Gasteiger partial charge in [0.2, 0.25) is 5.88 Å². The van der Waals surface area contributed by atoms with Gasteiger partial charge in [-0.1, -0.05) is 19.3 Å². The number of aromatic nitrogens is 1. The molecule has 0 aromatic carbocycles. The monoisotopic (exact) mass is 407 g/mol. The highest BCUT2D eigenvalue weighted by molar-refractivity contribution is 7.87. The van der Waals surface area contributed by atoms with E-state index in [9.17, 15) is 31.2 Å². The second-order valence-electron chi connectivity index (χ2n) is 6.41. The van der Waals surface area contributed by atoms with E-state index in [1.54, 1.807) is 0 Å². The molecule has 27 heavy (non-hydrogen) atoms. The summed E-state index contributed by atoms with van der Waals surface area (Å²) in [6.07, 6.45) is 4.14. The van der Waals surface area contributed by atoms with Crippen molar-refractivity contribution in [3.63, 3.8) is 0 Å². The fourth-order valence-corrected chi connectivity index (χ4v) is 3.91. The summed E-state index contributed by atoms with van der Waals surface area (Å²) in [6, 6.07) is 1.58. The van der Waals surface area contributed by atoms with Gasteiger partial charge >= 0.3 is 21.7 Å². The van der Waals surface area contributed by atoms with Crippen LogP contribution in [0.4, 0.5) is 23.7 Å². The van der Waals surface area contributed by atoms with Gasteiger partial charge in [0.05, 0.1) is 5.69 Å². The lowest BCUT2D eigenvalue weighted by atomic mass is 9.80. The highest BCUT2D eigenvalue weighted by Crippen LogP contribution is 2.43. The molecule has 1 aromatic rings. The third kappa shape index (κ3) is 3.11. The minimum atomic E-state index is -5.90. The predicted molar refractivity (Wildman–Crippen MR) is 86.3 cm³/mol. The zero-order chi connectivity index (χ0) is 20.0. The molecule has 2 fully saturated rings. The number of carbonyl (C=O) groups excluding carboxylic acids is 2. The Labute approximate surface area is 153 Å². The largest absolute Gasteiger partial charge is 0.534 e. The Morgan fingerprint density at radius 3 is 2.41 bits per heavy atom. The summed E-state index contributed by atoms with van der Waals surface area (Å²) >= 11 is 0. The number of rotatable bonds is 3. The smallest absolute Gasteiger partial charge is 0.355 e. The molecular weight excluding hydrogens is 391 g/mol. The fourth-order valence-electron chi connectivity index (χ4n) is 3.50. The summed E-state index contributed by atoms with van der Waals surface area (Å²) in [5.41, 5.74) is -6.71. The molecular formula is C15H16F3N3O5S. The Morgan fingerprint density at radius 1 is 1.19 bits per heavy atom. The van der Waals surface area contributed by atoms with Crippen molar-refractivity contribution in [3.8, 4) is 5.88 Å². The van der Waals surface area contributed by atoms with E-state index in [2.05, 4.69) is 9.17 Å². The molecule has 2 heterocycles. The molecule has 148 valence electrons. The van der Waals surface area contributed by atoms with Crippen molar-refractivity contribution < 1.29 is 35.4 Å². The molecule has 1 spiro atoms. The Morgan fingerprint density at radius 2 is 1.81 bits per heavy atom. The number of hydrogen-bond acceptors (Lipinski definition) is 6. The first-order chi connectivity index (χ1) is 12.5. The third-order valence-corrected chi connectivity index (χ3v) is 5.70. The summed E-state index contributed by atoms with van der Waals surface area (Å²) in [5, 5.41) is 0. The van der Waals surface area contributed by atoms with Crippen molar-refractivity contribution in [3.05, 3.63) is 18.3 Å². The number of halogens is 3. The molecule has 0 bridgehead atoms. The highest BCUT2D eigenvalue weighted by Gasteiger charge is 2.57. The van der Waals surface area contributed by atoms with Crippen molar-refractivity contribution in [1.82, 2.24) is 9.88 Å². The van der Waals surface area contributed by atoms with E-state index in [1.807, 2.05) is 0 Å². The van der Waals surface area contributed by atoms with Crippen molar-refractivity contribution in [2.45, 2.75) is 43.2 Å². The van der Waals surface area contributed by atoms with Crippen LogP contribution in [0.15, 0.2) is 18.3 Å². The molecule has 1 aliphatic heterocycles.